The van der Waals surface area contributed by atoms with Crippen LogP contribution in [-0.2, 0) is 24.5 Å². The van der Waals surface area contributed by atoms with Crippen molar-refractivity contribution < 1.29 is 28.5 Å². The van der Waals surface area contributed by atoms with E-state index in [-0.39, 0.29) is 13.6 Å². The number of ether oxygens (including phenoxy) is 4. The molecule has 0 spiro atoms. The van der Waals surface area contributed by atoms with Crippen molar-refractivity contribution in [3.05, 3.63) is 143 Å². The predicted molar refractivity (Wildman–Crippen MR) is 166 cm³/mol. The lowest BCUT2D eigenvalue weighted by Crippen LogP contribution is -2.29. The molecule has 4 aromatic rings. The molecule has 0 saturated heterocycles. The van der Waals surface area contributed by atoms with E-state index in [0.717, 1.165) is 22.3 Å². The number of carbonyl (C=O) groups excluding carboxylic acids is 2. The van der Waals surface area contributed by atoms with Crippen molar-refractivity contribution in [2.24, 2.45) is 0 Å². The predicted octanol–water partition coefficient (Wildman–Crippen LogP) is 7.58. The first kappa shape index (κ1) is 29.4. The smallest absolute Gasteiger partial charge is 0.335 e. The van der Waals surface area contributed by atoms with Crippen LogP contribution in [0.2, 0.25) is 0 Å². The monoisotopic (exact) mass is 574 g/mol. The first-order valence-electron chi connectivity index (χ1n) is 14.0. The summed E-state index contributed by atoms with van der Waals surface area (Å²) in [6.07, 6.45) is 0. The van der Waals surface area contributed by atoms with Crippen LogP contribution in [0.15, 0.2) is 109 Å². The Morgan fingerprint density at radius 3 is 1.40 bits per heavy atom. The quantitative estimate of drug-likeness (QED) is 0.0973. The molecule has 0 bridgehead atoms. The Bertz CT molecular complexity index is 1620. The number of hydrogen-bond acceptors (Lipinski definition) is 6. The Morgan fingerprint density at radius 1 is 0.628 bits per heavy atom. The van der Waals surface area contributed by atoms with E-state index in [1.165, 1.54) is 22.3 Å². The summed E-state index contributed by atoms with van der Waals surface area (Å²) in [4.78, 5) is 23.6. The third-order valence-corrected chi connectivity index (χ3v) is 7.67. The minimum Gasteiger partial charge on any atom is -0.457 e. The maximum Gasteiger partial charge on any atom is 0.335 e. The van der Waals surface area contributed by atoms with Crippen molar-refractivity contribution in [2.45, 2.75) is 33.1 Å². The molecule has 4 aromatic carbocycles. The first-order chi connectivity index (χ1) is 20.6. The lowest BCUT2D eigenvalue weighted by molar-refractivity contribution is -0.146. The number of benzene rings is 4. The topological polar surface area (TPSA) is 71.1 Å². The second kappa shape index (κ2) is 12.0. The maximum absolute atomic E-state index is 11.8. The number of aryl methyl sites for hydroxylation is 2. The van der Waals surface area contributed by atoms with Gasteiger partial charge >= 0.3 is 11.9 Å². The zero-order chi connectivity index (χ0) is 30.7. The van der Waals surface area contributed by atoms with Gasteiger partial charge < -0.3 is 18.9 Å². The number of carbonyl (C=O) groups is 2. The van der Waals surface area contributed by atoms with Gasteiger partial charge in [-0.15, -0.1) is 0 Å². The second-order valence-electron chi connectivity index (χ2n) is 10.8. The van der Waals surface area contributed by atoms with Crippen molar-refractivity contribution in [1.29, 1.82) is 0 Å². The summed E-state index contributed by atoms with van der Waals surface area (Å²) in [5.74, 6) is 0.253. The van der Waals surface area contributed by atoms with E-state index >= 15 is 0 Å². The summed E-state index contributed by atoms with van der Waals surface area (Å²) < 4.78 is 21.9. The summed E-state index contributed by atoms with van der Waals surface area (Å²) in [6, 6.07) is 29.2. The molecule has 43 heavy (non-hydrogen) atoms. The van der Waals surface area contributed by atoms with E-state index in [0.29, 0.717) is 22.6 Å². The van der Waals surface area contributed by atoms with Gasteiger partial charge in [0.25, 0.3) is 0 Å². The van der Waals surface area contributed by atoms with E-state index < -0.39 is 17.4 Å². The highest BCUT2D eigenvalue weighted by Crippen LogP contribution is 2.56. The molecular formula is C37H34O6. The molecule has 1 aliphatic rings. The molecule has 0 radical (unpaired) electrons. The Labute approximate surface area is 252 Å². The van der Waals surface area contributed by atoms with Crippen LogP contribution < -0.4 is 9.47 Å². The van der Waals surface area contributed by atoms with Gasteiger partial charge in [0.15, 0.2) is 0 Å². The zero-order valence-corrected chi connectivity index (χ0v) is 24.9. The van der Waals surface area contributed by atoms with E-state index in [9.17, 15) is 9.59 Å². The van der Waals surface area contributed by atoms with Gasteiger partial charge in [-0.1, -0.05) is 86.0 Å². The van der Waals surface area contributed by atoms with Gasteiger partial charge in [0.2, 0.25) is 13.6 Å². The van der Waals surface area contributed by atoms with Gasteiger partial charge in [-0.25, -0.2) is 9.59 Å². The fourth-order valence-electron chi connectivity index (χ4n) is 5.65. The Hall–Kier alpha value is -5.10. The zero-order valence-electron chi connectivity index (χ0n) is 24.9. The molecule has 0 aromatic heterocycles. The Morgan fingerprint density at radius 2 is 1.02 bits per heavy atom. The van der Waals surface area contributed by atoms with Gasteiger partial charge in [0, 0.05) is 11.1 Å². The van der Waals surface area contributed by atoms with E-state index in [1.807, 2.05) is 26.0 Å². The van der Waals surface area contributed by atoms with Crippen molar-refractivity contribution in [3.63, 3.8) is 0 Å². The van der Waals surface area contributed by atoms with Crippen LogP contribution in [0.25, 0.3) is 11.1 Å². The molecule has 6 heteroatoms. The molecule has 0 N–H and O–H groups in total. The molecule has 5 rings (SSSR count). The normalized spacial score (nSPS) is 12.5. The second-order valence-corrected chi connectivity index (χ2v) is 10.8. The molecule has 0 atom stereocenters. The summed E-state index contributed by atoms with van der Waals surface area (Å²) in [5, 5.41) is 0. The minimum atomic E-state index is -0.626. The van der Waals surface area contributed by atoms with Gasteiger partial charge in [-0.2, -0.15) is 0 Å². The standard InChI is InChI=1S/C37H34O6/c1-23(2)35(38)42-21-40-33-17-15-27(19-25(33)5)37(31-13-9-7-11-29(31)30-12-8-10-14-32(30)37)28-16-18-34(26(6)20-28)41-22-43-36(39)24(3)4/h7-20H,1,3,21-22H2,2,4-6H3. The maximum atomic E-state index is 11.8. The molecular weight excluding hydrogens is 540 g/mol. The Kier molecular flexibility index (Phi) is 8.22. The molecule has 218 valence electrons. The Balaban J connectivity index is 1.59. The van der Waals surface area contributed by atoms with Gasteiger partial charge in [0.1, 0.15) is 11.5 Å². The van der Waals surface area contributed by atoms with Crippen LogP contribution in [0.1, 0.15) is 47.2 Å². The van der Waals surface area contributed by atoms with Crippen molar-refractivity contribution in [3.8, 4) is 22.6 Å². The average molecular weight is 575 g/mol. The van der Waals surface area contributed by atoms with E-state index in [1.54, 1.807) is 13.8 Å². The number of hydrogen-bond donors (Lipinski definition) is 0. The van der Waals surface area contributed by atoms with Crippen molar-refractivity contribution in [1.82, 2.24) is 0 Å². The molecule has 0 aliphatic heterocycles. The van der Waals surface area contributed by atoms with Crippen molar-refractivity contribution >= 4 is 11.9 Å². The molecule has 6 nitrogen and oxygen atoms in total. The number of esters is 2. The van der Waals surface area contributed by atoms with Crippen LogP contribution in [0, 0.1) is 13.8 Å². The van der Waals surface area contributed by atoms with Crippen LogP contribution in [0.3, 0.4) is 0 Å². The highest BCUT2D eigenvalue weighted by molar-refractivity contribution is 5.88. The minimum absolute atomic E-state index is 0.203. The van der Waals surface area contributed by atoms with Gasteiger partial charge in [0.05, 0.1) is 5.41 Å². The third kappa shape index (κ3) is 5.44. The van der Waals surface area contributed by atoms with Crippen LogP contribution in [-0.4, -0.2) is 25.5 Å². The highest BCUT2D eigenvalue weighted by atomic mass is 16.7. The first-order valence-corrected chi connectivity index (χ1v) is 14.0. The third-order valence-electron chi connectivity index (χ3n) is 7.67. The molecule has 0 saturated carbocycles. The van der Waals surface area contributed by atoms with Gasteiger partial charge in [-0.3, -0.25) is 0 Å². The highest BCUT2D eigenvalue weighted by Gasteiger charge is 2.46. The molecule has 0 unspecified atom stereocenters. The fourth-order valence-corrected chi connectivity index (χ4v) is 5.65. The van der Waals surface area contributed by atoms with E-state index in [2.05, 4.69) is 86.0 Å². The SMILES string of the molecule is C=C(C)C(=O)OCOc1ccc(C2(c3ccc(OCOC(=O)C(=C)C)c(C)c3)c3ccccc3-c3ccccc32)cc1C. The van der Waals surface area contributed by atoms with Crippen LogP contribution >= 0.6 is 0 Å². The van der Waals surface area contributed by atoms with E-state index in [4.69, 9.17) is 18.9 Å². The molecule has 0 heterocycles. The lowest BCUT2D eigenvalue weighted by atomic mass is 9.67. The molecule has 0 fully saturated rings. The lowest BCUT2D eigenvalue weighted by Gasteiger charge is -2.34. The van der Waals surface area contributed by atoms with Crippen molar-refractivity contribution in [2.75, 3.05) is 13.6 Å². The number of fused-ring (bicyclic) bond motifs is 3. The summed E-state index contributed by atoms with van der Waals surface area (Å²) in [6.45, 7) is 14.0. The molecule has 0 amide bonds. The number of rotatable bonds is 10. The summed E-state index contributed by atoms with van der Waals surface area (Å²) in [7, 11) is 0. The van der Waals surface area contributed by atoms with Crippen LogP contribution in [0.5, 0.6) is 11.5 Å². The fraction of sp³-hybridized carbons (Fsp3) is 0.189. The summed E-state index contributed by atoms with van der Waals surface area (Å²) >= 11 is 0. The average Bonchev–Trinajstić information content (AvgIpc) is 3.29. The molecule has 1 aliphatic carbocycles. The van der Waals surface area contributed by atoms with Gasteiger partial charge in [-0.05, 0) is 84.3 Å². The van der Waals surface area contributed by atoms with Crippen LogP contribution in [0.4, 0.5) is 0 Å². The summed E-state index contributed by atoms with van der Waals surface area (Å²) in [5.41, 5.74) is 8.63. The largest absolute Gasteiger partial charge is 0.457 e.